The first-order valence-corrected chi connectivity index (χ1v) is 7.14. The number of carbonyl (C=O) groups excluding carboxylic acids is 1. The van der Waals surface area contributed by atoms with Gasteiger partial charge >= 0.3 is 0 Å². The quantitative estimate of drug-likeness (QED) is 0.868. The van der Waals surface area contributed by atoms with E-state index >= 15 is 0 Å². The lowest BCUT2D eigenvalue weighted by atomic mass is 10.1. The van der Waals surface area contributed by atoms with Gasteiger partial charge in [-0.15, -0.1) is 11.3 Å². The summed E-state index contributed by atoms with van der Waals surface area (Å²) in [5.41, 5.74) is 0.963. The van der Waals surface area contributed by atoms with E-state index in [4.69, 9.17) is 0 Å². The summed E-state index contributed by atoms with van der Waals surface area (Å²) in [7, 11) is 0. The van der Waals surface area contributed by atoms with Gasteiger partial charge < -0.3 is 10.4 Å². The van der Waals surface area contributed by atoms with Gasteiger partial charge in [0.25, 0.3) is 5.91 Å². The molecule has 0 aliphatic carbocycles. The van der Waals surface area contributed by atoms with Gasteiger partial charge in [0.05, 0.1) is 12.3 Å². The summed E-state index contributed by atoms with van der Waals surface area (Å²) < 4.78 is 0. The van der Waals surface area contributed by atoms with Gasteiger partial charge in [-0.25, -0.2) is 4.98 Å². The van der Waals surface area contributed by atoms with Crippen molar-refractivity contribution >= 4 is 17.2 Å². The van der Waals surface area contributed by atoms with Gasteiger partial charge in [-0.2, -0.15) is 0 Å². The summed E-state index contributed by atoms with van der Waals surface area (Å²) in [6.07, 6.45) is 4.20. The fourth-order valence-corrected chi connectivity index (χ4v) is 2.19. The molecule has 0 aliphatic rings. The smallest absolute Gasteiger partial charge is 0.270 e. The molecule has 0 radical (unpaired) electrons. The maximum absolute atomic E-state index is 11.9. The lowest BCUT2D eigenvalue weighted by molar-refractivity contribution is 0.0868. The maximum atomic E-state index is 11.9. The van der Waals surface area contributed by atoms with Crippen molar-refractivity contribution in [3.63, 3.8) is 0 Å². The van der Waals surface area contributed by atoms with Crippen LogP contribution in [0.3, 0.4) is 0 Å². The maximum Gasteiger partial charge on any atom is 0.270 e. The van der Waals surface area contributed by atoms with E-state index in [-0.39, 0.29) is 18.4 Å². The third-order valence-corrected chi connectivity index (χ3v) is 3.63. The average molecular weight is 292 g/mol. The number of aliphatic hydroxyl groups is 1. The van der Waals surface area contributed by atoms with Crippen molar-refractivity contribution in [1.29, 1.82) is 0 Å². The predicted molar refractivity (Wildman–Crippen MR) is 76.3 cm³/mol. The van der Waals surface area contributed by atoms with Crippen LogP contribution in [-0.2, 0) is 0 Å². The Morgan fingerprint density at radius 2 is 2.25 bits per heavy atom. The number of hydrogen-bond donors (Lipinski definition) is 2. The Morgan fingerprint density at radius 3 is 2.90 bits per heavy atom. The van der Waals surface area contributed by atoms with Crippen molar-refractivity contribution in [2.45, 2.75) is 20.0 Å². The summed E-state index contributed by atoms with van der Waals surface area (Å²) in [6, 6.07) is 0. The number of thiazole rings is 1. The monoisotopic (exact) mass is 292 g/mol. The summed E-state index contributed by atoms with van der Waals surface area (Å²) in [4.78, 5) is 24.2. The highest BCUT2D eigenvalue weighted by molar-refractivity contribution is 7.13. The second-order valence-corrected chi connectivity index (χ2v) is 5.51. The number of hydrogen-bond acceptors (Lipinski definition) is 6. The highest BCUT2D eigenvalue weighted by Crippen LogP contribution is 2.20. The average Bonchev–Trinajstić information content (AvgIpc) is 2.95. The fourth-order valence-electron chi connectivity index (χ4n) is 1.43. The molecule has 1 amide bonds. The number of rotatable bonds is 5. The van der Waals surface area contributed by atoms with Gasteiger partial charge in [0.1, 0.15) is 16.4 Å². The van der Waals surface area contributed by atoms with Crippen LogP contribution in [-0.4, -0.2) is 38.6 Å². The van der Waals surface area contributed by atoms with Crippen molar-refractivity contribution < 1.29 is 9.90 Å². The van der Waals surface area contributed by atoms with Crippen LogP contribution in [0.25, 0.3) is 10.7 Å². The van der Waals surface area contributed by atoms with E-state index in [0.29, 0.717) is 16.4 Å². The number of carbonyl (C=O) groups is 1. The highest BCUT2D eigenvalue weighted by Gasteiger charge is 2.15. The normalized spacial score (nSPS) is 12.4. The summed E-state index contributed by atoms with van der Waals surface area (Å²) in [5, 5.41) is 14.6. The number of aromatic nitrogens is 3. The first-order chi connectivity index (χ1) is 9.58. The molecule has 0 saturated heterocycles. The molecule has 2 N–H and O–H groups in total. The van der Waals surface area contributed by atoms with E-state index < -0.39 is 6.10 Å². The zero-order chi connectivity index (χ0) is 14.5. The lowest BCUT2D eigenvalue weighted by Crippen LogP contribution is -2.34. The van der Waals surface area contributed by atoms with Crippen molar-refractivity contribution in [1.82, 2.24) is 20.3 Å². The number of nitrogens with one attached hydrogen (secondary N) is 1. The Bertz CT molecular complexity index is 571. The zero-order valence-corrected chi connectivity index (χ0v) is 12.1. The molecular weight excluding hydrogens is 276 g/mol. The fraction of sp³-hybridized carbons (Fsp3) is 0.385. The minimum absolute atomic E-state index is 0.0980. The molecule has 0 aliphatic heterocycles. The van der Waals surface area contributed by atoms with E-state index in [1.807, 2.05) is 13.8 Å². The van der Waals surface area contributed by atoms with Crippen LogP contribution in [0.15, 0.2) is 24.0 Å². The van der Waals surface area contributed by atoms with E-state index in [1.165, 1.54) is 11.3 Å². The van der Waals surface area contributed by atoms with Crippen molar-refractivity contribution in [2.24, 2.45) is 5.92 Å². The molecule has 1 atom stereocenters. The van der Waals surface area contributed by atoms with E-state index in [1.54, 1.807) is 24.0 Å². The molecule has 2 aromatic heterocycles. The first kappa shape index (κ1) is 14.5. The molecule has 20 heavy (non-hydrogen) atoms. The van der Waals surface area contributed by atoms with E-state index in [0.717, 1.165) is 0 Å². The van der Waals surface area contributed by atoms with Crippen LogP contribution in [0.2, 0.25) is 0 Å². The van der Waals surface area contributed by atoms with Crippen molar-refractivity contribution in [3.8, 4) is 10.7 Å². The molecule has 2 heterocycles. The summed E-state index contributed by atoms with van der Waals surface area (Å²) >= 11 is 1.33. The molecular formula is C13H16N4O2S. The second kappa shape index (κ2) is 6.53. The standard InChI is InChI=1S/C13H16N4O2S/c1-8(2)11(18)6-16-12(19)10-7-20-13(17-10)9-5-14-3-4-15-9/h3-5,7-8,11,18H,6H2,1-2H3,(H,16,19). The molecule has 0 spiro atoms. The van der Waals surface area contributed by atoms with Crippen LogP contribution in [0.4, 0.5) is 0 Å². The molecule has 2 rings (SSSR count). The molecule has 7 heteroatoms. The second-order valence-electron chi connectivity index (χ2n) is 4.65. The van der Waals surface area contributed by atoms with Gasteiger partial charge in [-0.05, 0) is 5.92 Å². The van der Waals surface area contributed by atoms with Crippen LogP contribution in [0, 0.1) is 5.92 Å². The lowest BCUT2D eigenvalue weighted by Gasteiger charge is -2.14. The van der Waals surface area contributed by atoms with Crippen LogP contribution in [0.5, 0.6) is 0 Å². The Balaban J connectivity index is 2.00. The molecule has 106 valence electrons. The molecule has 6 nitrogen and oxygen atoms in total. The minimum atomic E-state index is -0.558. The third kappa shape index (κ3) is 3.58. The molecule has 0 saturated carbocycles. The third-order valence-electron chi connectivity index (χ3n) is 2.76. The van der Waals surface area contributed by atoms with Gasteiger partial charge in [0.15, 0.2) is 0 Å². The van der Waals surface area contributed by atoms with Crippen LogP contribution >= 0.6 is 11.3 Å². The number of amides is 1. The van der Waals surface area contributed by atoms with Gasteiger partial charge in [0.2, 0.25) is 0 Å². The molecule has 1 unspecified atom stereocenters. The van der Waals surface area contributed by atoms with Gasteiger partial charge in [-0.3, -0.25) is 14.8 Å². The Labute approximate surface area is 120 Å². The van der Waals surface area contributed by atoms with Crippen molar-refractivity contribution in [2.75, 3.05) is 6.54 Å². The number of nitrogens with zero attached hydrogens (tertiary/aromatic N) is 3. The molecule has 2 aromatic rings. The topological polar surface area (TPSA) is 88.0 Å². The van der Waals surface area contributed by atoms with Crippen molar-refractivity contribution in [3.05, 3.63) is 29.7 Å². The Morgan fingerprint density at radius 1 is 1.45 bits per heavy atom. The summed E-state index contributed by atoms with van der Waals surface area (Å²) in [5.74, 6) is -0.197. The SMILES string of the molecule is CC(C)C(O)CNC(=O)c1csc(-c2cnccn2)n1. The van der Waals surface area contributed by atoms with Gasteiger partial charge in [-0.1, -0.05) is 13.8 Å². The van der Waals surface area contributed by atoms with E-state index in [2.05, 4.69) is 20.3 Å². The van der Waals surface area contributed by atoms with Crippen LogP contribution < -0.4 is 5.32 Å². The largest absolute Gasteiger partial charge is 0.391 e. The Kier molecular flexibility index (Phi) is 4.75. The number of aliphatic hydroxyl groups excluding tert-OH is 1. The molecule has 0 fully saturated rings. The summed E-state index contributed by atoms with van der Waals surface area (Å²) in [6.45, 7) is 4.01. The molecule has 0 bridgehead atoms. The highest BCUT2D eigenvalue weighted by atomic mass is 32.1. The van der Waals surface area contributed by atoms with Crippen LogP contribution in [0.1, 0.15) is 24.3 Å². The van der Waals surface area contributed by atoms with E-state index in [9.17, 15) is 9.90 Å². The molecule has 0 aromatic carbocycles. The zero-order valence-electron chi connectivity index (χ0n) is 11.3. The minimum Gasteiger partial charge on any atom is -0.391 e. The Hall–Kier alpha value is -1.86. The van der Waals surface area contributed by atoms with Gasteiger partial charge in [0, 0.05) is 24.3 Å². The first-order valence-electron chi connectivity index (χ1n) is 6.26. The predicted octanol–water partition coefficient (Wildman–Crippen LogP) is 1.35.